The molecule has 0 aromatic carbocycles. The number of rotatable bonds is 8. The van der Waals surface area contributed by atoms with Crippen molar-refractivity contribution in [3.05, 3.63) is 0 Å². The Morgan fingerprint density at radius 1 is 0.714 bits per heavy atom. The van der Waals surface area contributed by atoms with Crippen LogP contribution in [0.15, 0.2) is 0 Å². The predicted molar refractivity (Wildman–Crippen MR) is 90.3 cm³/mol. The number of aliphatic hydroxyl groups is 1. The third-order valence-electron chi connectivity index (χ3n) is 5.15. The van der Waals surface area contributed by atoms with Gasteiger partial charge in [-0.05, 0) is 38.5 Å². The van der Waals surface area contributed by atoms with Crippen molar-refractivity contribution in [1.29, 1.82) is 0 Å². The van der Waals surface area contributed by atoms with E-state index in [1.165, 1.54) is 0 Å². The lowest BCUT2D eigenvalue weighted by Crippen LogP contribution is -2.30. The van der Waals surface area contributed by atoms with Crippen LogP contribution in [0.1, 0.15) is 38.5 Å². The van der Waals surface area contributed by atoms with Gasteiger partial charge in [0.25, 0.3) is 0 Å². The quantitative estimate of drug-likeness (QED) is 0.525. The summed E-state index contributed by atoms with van der Waals surface area (Å²) in [5.74, 6) is -2.03. The van der Waals surface area contributed by atoms with Gasteiger partial charge in [0.2, 0.25) is 0 Å². The Morgan fingerprint density at radius 2 is 1.14 bits per heavy atom. The highest BCUT2D eigenvalue weighted by Gasteiger charge is 2.36. The van der Waals surface area contributed by atoms with Crippen molar-refractivity contribution in [3.8, 4) is 0 Å². The summed E-state index contributed by atoms with van der Waals surface area (Å²) < 4.78 is 26.6. The summed E-state index contributed by atoms with van der Waals surface area (Å²) in [6.07, 6.45) is -0.330. The maximum Gasteiger partial charge on any atom is 0.335 e. The van der Waals surface area contributed by atoms with E-state index in [4.69, 9.17) is 33.9 Å². The zero-order valence-corrected chi connectivity index (χ0v) is 15.5. The SMILES string of the molecule is O=C(O)C1CCC(COC(=O)C2CCC(COC(=O)C3CCC(CO)O3)O2)O1. The molecule has 28 heavy (non-hydrogen) atoms. The van der Waals surface area contributed by atoms with Gasteiger partial charge in [-0.15, -0.1) is 0 Å². The van der Waals surface area contributed by atoms with E-state index < -0.39 is 48.4 Å². The van der Waals surface area contributed by atoms with Gasteiger partial charge in [0.15, 0.2) is 18.3 Å². The van der Waals surface area contributed by atoms with Crippen molar-refractivity contribution in [1.82, 2.24) is 0 Å². The molecule has 3 fully saturated rings. The number of carboxylic acid groups (broad SMARTS) is 1. The van der Waals surface area contributed by atoms with Crippen LogP contribution in [0, 0.1) is 0 Å². The van der Waals surface area contributed by atoms with Gasteiger partial charge in [0.05, 0.1) is 24.9 Å². The van der Waals surface area contributed by atoms with Gasteiger partial charge in [-0.2, -0.15) is 0 Å². The third-order valence-corrected chi connectivity index (χ3v) is 5.15. The second kappa shape index (κ2) is 9.64. The van der Waals surface area contributed by atoms with Crippen LogP contribution in [0.4, 0.5) is 0 Å². The van der Waals surface area contributed by atoms with E-state index in [9.17, 15) is 14.4 Å². The lowest BCUT2D eigenvalue weighted by molar-refractivity contribution is -0.166. The lowest BCUT2D eigenvalue weighted by Gasteiger charge is -2.16. The van der Waals surface area contributed by atoms with E-state index in [2.05, 4.69) is 0 Å². The van der Waals surface area contributed by atoms with Gasteiger partial charge in [0, 0.05) is 0 Å². The number of ether oxygens (including phenoxy) is 5. The van der Waals surface area contributed by atoms with Crippen LogP contribution in [-0.4, -0.2) is 84.6 Å². The van der Waals surface area contributed by atoms with E-state index in [-0.39, 0.29) is 25.9 Å². The molecular formula is C18H26O10. The second-order valence-corrected chi connectivity index (χ2v) is 7.25. The first-order valence-electron chi connectivity index (χ1n) is 9.59. The fraction of sp³-hybridized carbons (Fsp3) is 0.833. The minimum atomic E-state index is -1.01. The number of esters is 2. The first-order chi connectivity index (χ1) is 13.5. The molecule has 2 N–H and O–H groups in total. The van der Waals surface area contributed by atoms with Crippen molar-refractivity contribution in [2.45, 2.75) is 75.1 Å². The van der Waals surface area contributed by atoms with Crippen LogP contribution < -0.4 is 0 Å². The van der Waals surface area contributed by atoms with E-state index in [0.717, 1.165) is 0 Å². The molecule has 10 heteroatoms. The largest absolute Gasteiger partial charge is 0.479 e. The highest BCUT2D eigenvalue weighted by atomic mass is 16.6. The fourth-order valence-corrected chi connectivity index (χ4v) is 3.56. The van der Waals surface area contributed by atoms with Gasteiger partial charge in [-0.25, -0.2) is 14.4 Å². The number of hydrogen-bond acceptors (Lipinski definition) is 9. The highest BCUT2D eigenvalue weighted by Crippen LogP contribution is 2.24. The number of hydrogen-bond donors (Lipinski definition) is 2. The van der Waals surface area contributed by atoms with Crippen LogP contribution in [0.3, 0.4) is 0 Å². The minimum absolute atomic E-state index is 0.00678. The standard InChI is InChI=1S/C18H26O10/c19-7-10-1-5-14(26-10)17(22)25-9-12-3-6-15(28-12)18(23)24-8-11-2-4-13(27-11)16(20)21/h10-15,19H,1-9H2,(H,20,21). The van der Waals surface area contributed by atoms with Crippen LogP contribution in [-0.2, 0) is 38.1 Å². The molecule has 6 atom stereocenters. The topological polar surface area (TPSA) is 138 Å². The summed E-state index contributed by atoms with van der Waals surface area (Å²) in [4.78, 5) is 34.9. The van der Waals surface area contributed by atoms with Gasteiger partial charge in [-0.1, -0.05) is 0 Å². The molecule has 3 saturated heterocycles. The smallest absolute Gasteiger partial charge is 0.335 e. The van der Waals surface area contributed by atoms with Gasteiger partial charge >= 0.3 is 17.9 Å². The van der Waals surface area contributed by atoms with Crippen molar-refractivity contribution >= 4 is 17.9 Å². The molecule has 0 aromatic rings. The van der Waals surface area contributed by atoms with Crippen LogP contribution in [0.5, 0.6) is 0 Å². The number of carboxylic acids is 1. The average molecular weight is 402 g/mol. The van der Waals surface area contributed by atoms with Crippen molar-refractivity contribution < 1.29 is 48.3 Å². The summed E-state index contributed by atoms with van der Waals surface area (Å²) in [7, 11) is 0. The molecule has 0 aliphatic carbocycles. The molecule has 158 valence electrons. The Kier molecular flexibility index (Phi) is 7.22. The summed E-state index contributed by atoms with van der Waals surface area (Å²) in [6.45, 7) is -0.104. The fourth-order valence-electron chi connectivity index (χ4n) is 3.56. The van der Waals surface area contributed by atoms with E-state index in [1.807, 2.05) is 0 Å². The zero-order chi connectivity index (χ0) is 20.1. The average Bonchev–Trinajstić information content (AvgIpc) is 3.44. The van der Waals surface area contributed by atoms with E-state index in [1.54, 1.807) is 0 Å². The monoisotopic (exact) mass is 402 g/mol. The van der Waals surface area contributed by atoms with Crippen molar-refractivity contribution in [2.24, 2.45) is 0 Å². The van der Waals surface area contributed by atoms with E-state index in [0.29, 0.717) is 38.5 Å². The van der Waals surface area contributed by atoms with Gasteiger partial charge in [0.1, 0.15) is 13.2 Å². The number of aliphatic carboxylic acids is 1. The van der Waals surface area contributed by atoms with Gasteiger partial charge in [-0.3, -0.25) is 0 Å². The van der Waals surface area contributed by atoms with Crippen LogP contribution >= 0.6 is 0 Å². The minimum Gasteiger partial charge on any atom is -0.479 e. The molecule has 3 aliphatic heterocycles. The second-order valence-electron chi connectivity index (χ2n) is 7.25. The number of carbonyl (C=O) groups excluding carboxylic acids is 2. The molecule has 0 saturated carbocycles. The van der Waals surface area contributed by atoms with Crippen molar-refractivity contribution in [2.75, 3.05) is 19.8 Å². The Bertz CT molecular complexity index is 579. The van der Waals surface area contributed by atoms with Crippen LogP contribution in [0.2, 0.25) is 0 Å². The molecule has 0 bridgehead atoms. The Labute approximate surface area is 162 Å². The molecule has 3 heterocycles. The van der Waals surface area contributed by atoms with Crippen molar-refractivity contribution in [3.63, 3.8) is 0 Å². The molecule has 0 aromatic heterocycles. The summed E-state index contributed by atoms with van der Waals surface area (Å²) in [6, 6.07) is 0. The predicted octanol–water partition coefficient (Wildman–Crippen LogP) is -0.207. The third kappa shape index (κ3) is 5.40. The number of aliphatic hydroxyl groups excluding tert-OH is 1. The Morgan fingerprint density at radius 3 is 1.57 bits per heavy atom. The van der Waals surface area contributed by atoms with E-state index >= 15 is 0 Å². The summed E-state index contributed by atoms with van der Waals surface area (Å²) >= 11 is 0. The molecular weight excluding hydrogens is 376 g/mol. The number of carbonyl (C=O) groups is 3. The normalized spacial score (nSPS) is 35.0. The Balaban J connectivity index is 1.32. The summed E-state index contributed by atoms with van der Waals surface area (Å²) in [5.41, 5.74) is 0. The molecule has 10 nitrogen and oxygen atoms in total. The molecule has 0 amide bonds. The summed E-state index contributed by atoms with van der Waals surface area (Å²) in [5, 5.41) is 17.9. The molecule has 0 radical (unpaired) electrons. The molecule has 3 aliphatic rings. The highest BCUT2D eigenvalue weighted by molar-refractivity contribution is 5.76. The van der Waals surface area contributed by atoms with Gasteiger partial charge < -0.3 is 33.9 Å². The zero-order valence-electron chi connectivity index (χ0n) is 15.5. The molecule has 0 spiro atoms. The van der Waals surface area contributed by atoms with Crippen LogP contribution in [0.25, 0.3) is 0 Å². The molecule has 3 rings (SSSR count). The maximum absolute atomic E-state index is 12.1. The lowest BCUT2D eigenvalue weighted by atomic mass is 10.2. The first-order valence-corrected chi connectivity index (χ1v) is 9.59. The Hall–Kier alpha value is -1.75. The molecule has 6 unspecified atom stereocenters. The maximum atomic E-state index is 12.1. The first kappa shape index (κ1) is 21.0.